The molecule has 0 unspecified atom stereocenters. The zero-order chi connectivity index (χ0) is 21.0. The van der Waals surface area contributed by atoms with Crippen LogP contribution in [0.15, 0.2) is 42.5 Å². The van der Waals surface area contributed by atoms with Gasteiger partial charge in [0.25, 0.3) is 5.91 Å². The number of carbonyl (C=O) groups is 3. The molecule has 1 atom stereocenters. The van der Waals surface area contributed by atoms with Crippen LogP contribution in [0.5, 0.6) is 0 Å². The lowest BCUT2D eigenvalue weighted by Gasteiger charge is -2.18. The van der Waals surface area contributed by atoms with Gasteiger partial charge in [-0.2, -0.15) is 0 Å². The summed E-state index contributed by atoms with van der Waals surface area (Å²) in [4.78, 5) is 39.2. The molecular weight excluding hydrogens is 390 g/mol. The topological polar surface area (TPSA) is 78.5 Å². The molecule has 1 saturated heterocycles. The maximum atomic E-state index is 12.8. The summed E-state index contributed by atoms with van der Waals surface area (Å²) in [7, 11) is 0. The van der Waals surface area contributed by atoms with Gasteiger partial charge < -0.3 is 15.5 Å². The fourth-order valence-corrected chi connectivity index (χ4v) is 3.42. The molecule has 2 aromatic rings. The van der Waals surface area contributed by atoms with Gasteiger partial charge >= 0.3 is 0 Å². The number of amides is 3. The third-order valence-corrected chi connectivity index (χ3v) is 5.34. The van der Waals surface area contributed by atoms with Gasteiger partial charge in [-0.3, -0.25) is 14.4 Å². The maximum Gasteiger partial charge on any atom is 0.253 e. The molecule has 3 rings (SSSR count). The van der Waals surface area contributed by atoms with Crippen molar-refractivity contribution in [3.05, 3.63) is 58.6 Å². The fraction of sp³-hybridized carbons (Fsp3) is 0.318. The number of nitrogens with one attached hydrogen (secondary N) is 2. The van der Waals surface area contributed by atoms with E-state index in [0.717, 1.165) is 12.0 Å². The van der Waals surface area contributed by atoms with Gasteiger partial charge in [0.1, 0.15) is 0 Å². The van der Waals surface area contributed by atoms with Crippen LogP contribution in [0.2, 0.25) is 5.02 Å². The van der Waals surface area contributed by atoms with E-state index in [2.05, 4.69) is 10.6 Å². The Bertz CT molecular complexity index is 945. The van der Waals surface area contributed by atoms with Crippen LogP contribution < -0.4 is 15.5 Å². The molecule has 2 N–H and O–H groups in total. The monoisotopic (exact) mass is 413 g/mol. The Kier molecular flexibility index (Phi) is 6.54. The Labute approximate surface area is 175 Å². The van der Waals surface area contributed by atoms with Crippen molar-refractivity contribution in [2.45, 2.75) is 26.7 Å². The van der Waals surface area contributed by atoms with Gasteiger partial charge in [0, 0.05) is 30.2 Å². The van der Waals surface area contributed by atoms with Crippen molar-refractivity contribution in [2.75, 3.05) is 23.3 Å². The molecule has 29 heavy (non-hydrogen) atoms. The Morgan fingerprint density at radius 1 is 1.21 bits per heavy atom. The SMILES string of the molecule is CCCNC(=O)c1ccccc1NC(=O)[C@@H]1CC(=O)N(c2ccc(C)c(Cl)c2)C1. The number of aryl methyl sites for hydroxylation is 1. The average molecular weight is 414 g/mol. The van der Waals surface area contributed by atoms with Crippen molar-refractivity contribution in [3.63, 3.8) is 0 Å². The molecule has 0 radical (unpaired) electrons. The molecule has 1 aliphatic rings. The lowest BCUT2D eigenvalue weighted by atomic mass is 10.1. The summed E-state index contributed by atoms with van der Waals surface area (Å²) in [5.41, 5.74) is 2.45. The largest absolute Gasteiger partial charge is 0.352 e. The molecule has 0 spiro atoms. The van der Waals surface area contributed by atoms with Crippen molar-refractivity contribution >= 4 is 40.7 Å². The van der Waals surface area contributed by atoms with E-state index in [9.17, 15) is 14.4 Å². The number of nitrogens with zero attached hydrogens (tertiary/aromatic N) is 1. The molecular formula is C22H24ClN3O3. The van der Waals surface area contributed by atoms with E-state index >= 15 is 0 Å². The first kappa shape index (κ1) is 20.9. The molecule has 0 aliphatic carbocycles. The van der Waals surface area contributed by atoms with Gasteiger partial charge in [0.05, 0.1) is 17.2 Å². The zero-order valence-corrected chi connectivity index (χ0v) is 17.3. The average Bonchev–Trinajstić information content (AvgIpc) is 3.10. The van der Waals surface area contributed by atoms with E-state index in [-0.39, 0.29) is 30.7 Å². The predicted molar refractivity (Wildman–Crippen MR) is 114 cm³/mol. The van der Waals surface area contributed by atoms with E-state index in [1.54, 1.807) is 35.2 Å². The fourth-order valence-electron chi connectivity index (χ4n) is 3.24. The van der Waals surface area contributed by atoms with Crippen LogP contribution in [0.3, 0.4) is 0 Å². The minimum atomic E-state index is -0.505. The molecule has 152 valence electrons. The van der Waals surface area contributed by atoms with Crippen molar-refractivity contribution in [1.29, 1.82) is 0 Å². The van der Waals surface area contributed by atoms with Crippen molar-refractivity contribution in [3.8, 4) is 0 Å². The molecule has 1 fully saturated rings. The van der Waals surface area contributed by atoms with Gasteiger partial charge in [-0.15, -0.1) is 0 Å². The number of hydrogen-bond acceptors (Lipinski definition) is 3. The smallest absolute Gasteiger partial charge is 0.253 e. The third-order valence-electron chi connectivity index (χ3n) is 4.93. The highest BCUT2D eigenvalue weighted by atomic mass is 35.5. The molecule has 7 heteroatoms. The molecule has 1 heterocycles. The highest BCUT2D eigenvalue weighted by molar-refractivity contribution is 6.31. The predicted octanol–water partition coefficient (Wildman–Crippen LogP) is 3.78. The second kappa shape index (κ2) is 9.09. The Morgan fingerprint density at radius 3 is 2.69 bits per heavy atom. The Balaban J connectivity index is 1.71. The van der Waals surface area contributed by atoms with Crippen molar-refractivity contribution in [2.24, 2.45) is 5.92 Å². The van der Waals surface area contributed by atoms with Gasteiger partial charge in [0.15, 0.2) is 0 Å². The molecule has 1 aliphatic heterocycles. The molecule has 2 aromatic carbocycles. The molecule has 3 amide bonds. The number of hydrogen-bond donors (Lipinski definition) is 2. The minimum absolute atomic E-state index is 0.113. The van der Waals surface area contributed by atoms with Gasteiger partial charge in [-0.05, 0) is 43.2 Å². The summed E-state index contributed by atoms with van der Waals surface area (Å²) in [6.45, 7) is 4.70. The second-order valence-electron chi connectivity index (χ2n) is 7.13. The number of halogens is 1. The van der Waals surface area contributed by atoms with Gasteiger partial charge in [-0.25, -0.2) is 0 Å². The Hall–Kier alpha value is -2.86. The normalized spacial score (nSPS) is 16.0. The zero-order valence-electron chi connectivity index (χ0n) is 16.5. The number of anilines is 2. The molecule has 0 saturated carbocycles. The van der Waals surface area contributed by atoms with E-state index in [0.29, 0.717) is 28.5 Å². The van der Waals surface area contributed by atoms with Gasteiger partial charge in [0.2, 0.25) is 11.8 Å². The van der Waals surface area contributed by atoms with Gasteiger partial charge in [-0.1, -0.05) is 36.7 Å². The summed E-state index contributed by atoms with van der Waals surface area (Å²) >= 11 is 6.17. The number of carbonyl (C=O) groups excluding carboxylic acids is 3. The number of para-hydroxylation sites is 1. The van der Waals surface area contributed by atoms with Crippen LogP contribution >= 0.6 is 11.6 Å². The third kappa shape index (κ3) is 4.77. The highest BCUT2D eigenvalue weighted by Gasteiger charge is 2.35. The standard InChI is InChI=1S/C22H24ClN3O3/c1-3-10-24-22(29)17-6-4-5-7-19(17)25-21(28)15-11-20(27)26(13-15)16-9-8-14(2)18(23)12-16/h4-9,12,15H,3,10-11,13H2,1-2H3,(H,24,29)(H,25,28)/t15-/m1/s1. The lowest BCUT2D eigenvalue weighted by Crippen LogP contribution is -2.29. The summed E-state index contributed by atoms with van der Waals surface area (Å²) in [6.07, 6.45) is 0.935. The van der Waals surface area contributed by atoms with Crippen LogP contribution in [0.4, 0.5) is 11.4 Å². The van der Waals surface area contributed by atoms with Crippen LogP contribution in [0, 0.1) is 12.8 Å². The van der Waals surface area contributed by atoms with Crippen molar-refractivity contribution < 1.29 is 14.4 Å². The maximum absolute atomic E-state index is 12.8. The van der Waals surface area contributed by atoms with Crippen LogP contribution in [-0.4, -0.2) is 30.8 Å². The van der Waals surface area contributed by atoms with Crippen LogP contribution in [0.1, 0.15) is 35.7 Å². The van der Waals surface area contributed by atoms with E-state index < -0.39 is 5.92 Å². The first-order valence-electron chi connectivity index (χ1n) is 9.65. The van der Waals surface area contributed by atoms with E-state index in [1.165, 1.54) is 0 Å². The number of benzene rings is 2. The van der Waals surface area contributed by atoms with Crippen LogP contribution in [-0.2, 0) is 9.59 Å². The van der Waals surface area contributed by atoms with E-state index in [4.69, 9.17) is 11.6 Å². The summed E-state index contributed by atoms with van der Waals surface area (Å²) in [5.74, 6) is -1.15. The van der Waals surface area contributed by atoms with E-state index in [1.807, 2.05) is 26.0 Å². The highest BCUT2D eigenvalue weighted by Crippen LogP contribution is 2.29. The number of rotatable bonds is 6. The molecule has 0 aromatic heterocycles. The minimum Gasteiger partial charge on any atom is -0.352 e. The Morgan fingerprint density at radius 2 is 1.97 bits per heavy atom. The van der Waals surface area contributed by atoms with Crippen molar-refractivity contribution in [1.82, 2.24) is 5.32 Å². The first-order valence-corrected chi connectivity index (χ1v) is 10.0. The summed E-state index contributed by atoms with van der Waals surface area (Å²) in [5, 5.41) is 6.21. The quantitative estimate of drug-likeness (QED) is 0.756. The lowest BCUT2D eigenvalue weighted by molar-refractivity contribution is -0.122. The summed E-state index contributed by atoms with van der Waals surface area (Å²) < 4.78 is 0. The first-order chi connectivity index (χ1) is 13.9. The van der Waals surface area contributed by atoms with Crippen LogP contribution in [0.25, 0.3) is 0 Å². The molecule has 6 nitrogen and oxygen atoms in total. The molecule has 0 bridgehead atoms. The summed E-state index contributed by atoms with van der Waals surface area (Å²) in [6, 6.07) is 12.3. The second-order valence-corrected chi connectivity index (χ2v) is 7.54.